The summed E-state index contributed by atoms with van der Waals surface area (Å²) in [6.45, 7) is 8.28. The number of hydrogen-bond acceptors (Lipinski definition) is 6. The van der Waals surface area contributed by atoms with E-state index in [0.29, 0.717) is 17.7 Å². The van der Waals surface area contributed by atoms with Crippen molar-refractivity contribution >= 4 is 23.0 Å². The summed E-state index contributed by atoms with van der Waals surface area (Å²) in [7, 11) is 0. The van der Waals surface area contributed by atoms with E-state index in [1.54, 1.807) is 18.5 Å². The Labute approximate surface area is 157 Å². The molecule has 0 atom stereocenters. The van der Waals surface area contributed by atoms with E-state index < -0.39 is 0 Å². The molecule has 2 aromatic heterocycles. The van der Waals surface area contributed by atoms with E-state index in [0.717, 1.165) is 5.57 Å². The average Bonchev–Trinajstić information content (AvgIpc) is 3.08. The van der Waals surface area contributed by atoms with E-state index in [-0.39, 0.29) is 37.2 Å². The van der Waals surface area contributed by atoms with Gasteiger partial charge in [0.25, 0.3) is 0 Å². The van der Waals surface area contributed by atoms with Crippen molar-refractivity contribution in [1.29, 1.82) is 5.26 Å². The fourth-order valence-corrected chi connectivity index (χ4v) is 2.30. The van der Waals surface area contributed by atoms with Crippen LogP contribution in [0, 0.1) is 11.3 Å². The number of imidazole rings is 1. The number of hydrogen-bond donors (Lipinski definition) is 1. The summed E-state index contributed by atoms with van der Waals surface area (Å²) >= 11 is 0. The maximum atomic E-state index is 12.3. The predicted octanol–water partition coefficient (Wildman–Crippen LogP) is 3.16. The molecule has 0 unspecified atom stereocenters. The van der Waals surface area contributed by atoms with Gasteiger partial charge in [0.05, 0.1) is 25.2 Å². The van der Waals surface area contributed by atoms with Crippen LogP contribution in [-0.2, 0) is 11.3 Å². The molecule has 0 aliphatic carbocycles. The third kappa shape index (κ3) is 5.25. The molecule has 0 bridgehead atoms. The van der Waals surface area contributed by atoms with Crippen LogP contribution < -0.4 is 10.1 Å². The summed E-state index contributed by atoms with van der Waals surface area (Å²) in [5.41, 5.74) is 1.90. The van der Waals surface area contributed by atoms with Crippen LogP contribution in [0.15, 0.2) is 42.8 Å². The Kier molecular flexibility index (Phi) is 7.26. The number of aromatic nitrogens is 4. The van der Waals surface area contributed by atoms with Crippen molar-refractivity contribution in [2.75, 3.05) is 11.9 Å². The number of nitrogens with zero attached hydrogens (tertiary/aromatic N) is 5. The minimum Gasteiger partial charge on any atom is -0.475 e. The number of carbonyl (C=O) groups excluding carboxylic acids is 1. The van der Waals surface area contributed by atoms with Gasteiger partial charge in [-0.25, -0.2) is 4.98 Å². The molecular weight excluding hydrogens is 344 g/mol. The Balaban J connectivity index is 2.26. The maximum absolute atomic E-state index is 12.3. The van der Waals surface area contributed by atoms with E-state index >= 15 is 0 Å². The van der Waals surface area contributed by atoms with Gasteiger partial charge in [-0.1, -0.05) is 30.9 Å². The summed E-state index contributed by atoms with van der Waals surface area (Å²) in [4.78, 5) is 25.3. The maximum Gasteiger partial charge on any atom is 0.247 e. The van der Waals surface area contributed by atoms with Crippen LogP contribution in [-0.4, -0.2) is 32.0 Å². The number of carbonyl (C=O) groups is 1. The van der Waals surface area contributed by atoms with Crippen molar-refractivity contribution in [3.05, 3.63) is 42.8 Å². The molecule has 8 heteroatoms. The Morgan fingerprint density at radius 2 is 2.30 bits per heavy atom. The quantitative estimate of drug-likeness (QED) is 0.540. The minimum absolute atomic E-state index is 0.137. The average molecular weight is 366 g/mol. The monoisotopic (exact) mass is 366 g/mol. The fourth-order valence-electron chi connectivity index (χ4n) is 2.30. The second-order valence-electron chi connectivity index (χ2n) is 5.50. The van der Waals surface area contributed by atoms with Crippen molar-refractivity contribution < 1.29 is 9.53 Å². The first-order chi connectivity index (χ1) is 13.1. The number of nitrogens with one attached hydrogen (secondary N) is 1. The summed E-state index contributed by atoms with van der Waals surface area (Å²) in [6, 6.07) is 2.01. The molecule has 2 rings (SSSR count). The predicted molar refractivity (Wildman–Crippen MR) is 103 cm³/mol. The third-order valence-electron chi connectivity index (χ3n) is 3.66. The lowest BCUT2D eigenvalue weighted by Crippen LogP contribution is -2.15. The number of anilines is 1. The van der Waals surface area contributed by atoms with Gasteiger partial charge in [-0.05, 0) is 19.4 Å². The molecular formula is C19H22N6O2. The minimum atomic E-state index is -0.248. The van der Waals surface area contributed by atoms with E-state index in [4.69, 9.17) is 10.00 Å². The Morgan fingerprint density at radius 3 is 2.96 bits per heavy atom. The third-order valence-corrected chi connectivity index (χ3v) is 3.66. The van der Waals surface area contributed by atoms with E-state index in [2.05, 4.69) is 26.8 Å². The smallest absolute Gasteiger partial charge is 0.247 e. The summed E-state index contributed by atoms with van der Waals surface area (Å²) < 4.78 is 7.39. The second kappa shape index (κ2) is 9.87. The topological polar surface area (TPSA) is 106 Å². The molecule has 0 aromatic carbocycles. The van der Waals surface area contributed by atoms with Crippen LogP contribution in [0.3, 0.4) is 0 Å². The Morgan fingerprint density at radius 1 is 1.48 bits per heavy atom. The van der Waals surface area contributed by atoms with E-state index in [1.165, 1.54) is 0 Å². The number of amides is 1. The van der Waals surface area contributed by atoms with Crippen LogP contribution in [0.4, 0.5) is 5.95 Å². The summed E-state index contributed by atoms with van der Waals surface area (Å²) in [6.07, 6.45) is 9.13. The van der Waals surface area contributed by atoms with Crippen molar-refractivity contribution in [3.8, 4) is 11.9 Å². The zero-order valence-electron chi connectivity index (χ0n) is 15.5. The number of aryl methyl sites for hydroxylation is 1. The first-order valence-electron chi connectivity index (χ1n) is 8.59. The highest BCUT2D eigenvalue weighted by Gasteiger charge is 2.16. The van der Waals surface area contributed by atoms with E-state index in [9.17, 15) is 4.79 Å². The van der Waals surface area contributed by atoms with Gasteiger partial charge in [0.15, 0.2) is 11.2 Å². The highest BCUT2D eigenvalue weighted by Crippen LogP contribution is 2.23. The van der Waals surface area contributed by atoms with Gasteiger partial charge >= 0.3 is 0 Å². The molecule has 140 valence electrons. The van der Waals surface area contributed by atoms with Gasteiger partial charge in [0.2, 0.25) is 17.7 Å². The highest BCUT2D eigenvalue weighted by atomic mass is 16.5. The lowest BCUT2D eigenvalue weighted by atomic mass is 10.1. The van der Waals surface area contributed by atoms with Crippen LogP contribution >= 0.6 is 0 Å². The van der Waals surface area contributed by atoms with E-state index in [1.807, 2.05) is 36.6 Å². The lowest BCUT2D eigenvalue weighted by Gasteiger charge is -2.09. The van der Waals surface area contributed by atoms with Crippen LogP contribution in [0.5, 0.6) is 5.88 Å². The zero-order chi connectivity index (χ0) is 19.6. The van der Waals surface area contributed by atoms with Crippen LogP contribution in [0.1, 0.15) is 26.7 Å². The number of nitriles is 1. The highest BCUT2D eigenvalue weighted by molar-refractivity contribution is 5.92. The Hall–Kier alpha value is -3.47. The molecule has 1 N–H and O–H groups in total. The molecule has 0 radical (unpaired) electrons. The van der Waals surface area contributed by atoms with Gasteiger partial charge in [-0.2, -0.15) is 15.2 Å². The van der Waals surface area contributed by atoms with Crippen molar-refractivity contribution in [1.82, 2.24) is 19.5 Å². The number of ether oxygens (including phenoxy) is 1. The standard InChI is InChI=1S/C19H22N6O2/c1-4-7-9-14(5-2)12-15(26)22-19-23-17-16(21-13-25(17)6-3)18(24-19)27-11-8-10-20/h4-5,7,9,13H,1,6,8,11-12H2,2-3H3,(H,22,23,24,26)/b9-7-,14-5+. The van der Waals surface area contributed by atoms with Gasteiger partial charge in [-0.3, -0.25) is 10.1 Å². The first-order valence-corrected chi connectivity index (χ1v) is 8.59. The van der Waals surface area contributed by atoms with Gasteiger partial charge < -0.3 is 9.30 Å². The molecule has 0 spiro atoms. The molecule has 2 heterocycles. The van der Waals surface area contributed by atoms with Gasteiger partial charge in [-0.15, -0.1) is 0 Å². The van der Waals surface area contributed by atoms with Gasteiger partial charge in [0.1, 0.15) is 6.61 Å². The van der Waals surface area contributed by atoms with Crippen LogP contribution in [0.25, 0.3) is 11.2 Å². The summed E-state index contributed by atoms with van der Waals surface area (Å²) in [5, 5.41) is 11.4. The van der Waals surface area contributed by atoms with Gasteiger partial charge in [0, 0.05) is 6.54 Å². The largest absolute Gasteiger partial charge is 0.475 e. The molecule has 2 aromatic rings. The molecule has 8 nitrogen and oxygen atoms in total. The lowest BCUT2D eigenvalue weighted by molar-refractivity contribution is -0.115. The second-order valence-corrected chi connectivity index (χ2v) is 5.50. The van der Waals surface area contributed by atoms with Crippen molar-refractivity contribution in [3.63, 3.8) is 0 Å². The number of allylic oxidation sites excluding steroid dienone is 4. The number of rotatable bonds is 9. The van der Waals surface area contributed by atoms with Crippen molar-refractivity contribution in [2.24, 2.45) is 0 Å². The Bertz CT molecular complexity index is 920. The molecule has 0 saturated carbocycles. The van der Waals surface area contributed by atoms with Crippen molar-refractivity contribution in [2.45, 2.75) is 33.2 Å². The molecule has 0 saturated heterocycles. The van der Waals surface area contributed by atoms with Crippen LogP contribution in [0.2, 0.25) is 0 Å². The number of fused-ring (bicyclic) bond motifs is 1. The molecule has 27 heavy (non-hydrogen) atoms. The zero-order valence-corrected chi connectivity index (χ0v) is 15.5. The fraction of sp³-hybridized carbons (Fsp3) is 0.316. The molecule has 0 aliphatic rings. The molecule has 0 aliphatic heterocycles. The first kappa shape index (κ1) is 19.8. The molecule has 0 fully saturated rings. The SMILES string of the molecule is C=C/C=C\C(=C/C)CC(=O)Nc1nc(OCCC#N)c2ncn(CC)c2n1. The molecule has 1 amide bonds. The summed E-state index contributed by atoms with van der Waals surface area (Å²) in [5.74, 6) is 0.134. The normalized spacial score (nSPS) is 11.5.